The van der Waals surface area contributed by atoms with Gasteiger partial charge in [0.2, 0.25) is 15.8 Å². The number of nitrogens with zero attached hydrogens (tertiary/aromatic N) is 2. The van der Waals surface area contributed by atoms with Crippen LogP contribution in [0.5, 0.6) is 0 Å². The van der Waals surface area contributed by atoms with Crippen molar-refractivity contribution in [3.8, 4) is 11.6 Å². The van der Waals surface area contributed by atoms with Crippen LogP contribution in [0.3, 0.4) is 0 Å². The van der Waals surface area contributed by atoms with Gasteiger partial charge in [0.25, 0.3) is 0 Å². The first kappa shape index (κ1) is 15.4. The van der Waals surface area contributed by atoms with Crippen molar-refractivity contribution in [1.82, 2.24) is 19.9 Å². The van der Waals surface area contributed by atoms with Crippen LogP contribution in [0.1, 0.15) is 5.82 Å². The maximum atomic E-state index is 12.8. The van der Waals surface area contributed by atoms with Gasteiger partial charge < -0.3 is 4.42 Å². The van der Waals surface area contributed by atoms with E-state index in [-0.39, 0.29) is 11.4 Å². The fourth-order valence-corrected chi connectivity index (χ4v) is 2.96. The van der Waals surface area contributed by atoms with E-state index in [9.17, 15) is 12.8 Å². The normalized spacial score (nSPS) is 11.7. The van der Waals surface area contributed by atoms with E-state index in [1.807, 2.05) is 0 Å². The summed E-state index contributed by atoms with van der Waals surface area (Å²) < 4.78 is 44.5. The average molecular weight is 336 g/mol. The predicted molar refractivity (Wildman–Crippen MR) is 79.4 cm³/mol. The molecule has 7 nitrogen and oxygen atoms in total. The largest absolute Gasteiger partial charge is 0.461 e. The van der Waals surface area contributed by atoms with Crippen molar-refractivity contribution in [2.24, 2.45) is 0 Å². The summed E-state index contributed by atoms with van der Waals surface area (Å²) in [5, 5.41) is 6.71. The summed E-state index contributed by atoms with van der Waals surface area (Å²) in [4.78, 5) is 4.22. The van der Waals surface area contributed by atoms with Gasteiger partial charge in [-0.2, -0.15) is 5.10 Å². The Morgan fingerprint density at radius 1 is 1.22 bits per heavy atom. The molecule has 23 heavy (non-hydrogen) atoms. The summed E-state index contributed by atoms with van der Waals surface area (Å²) in [6.45, 7) is 0.131. The molecule has 0 atom stereocenters. The number of halogens is 1. The highest BCUT2D eigenvalue weighted by Gasteiger charge is 2.14. The van der Waals surface area contributed by atoms with E-state index in [2.05, 4.69) is 19.9 Å². The fraction of sp³-hybridized carbons (Fsp3) is 0.143. The standard InChI is InChI=1S/C14H13FN4O3S/c15-10-3-5-11(6-4-10)23(20,21)16-8-7-13-17-14(19-18-13)12-2-1-9-22-12/h1-6,9,16H,7-8H2,(H,17,18,19). The average Bonchev–Trinajstić information content (AvgIpc) is 3.18. The van der Waals surface area contributed by atoms with Gasteiger partial charge in [-0.15, -0.1) is 0 Å². The van der Waals surface area contributed by atoms with Gasteiger partial charge in [0, 0.05) is 13.0 Å². The summed E-state index contributed by atoms with van der Waals surface area (Å²) in [5.41, 5.74) is 0. The van der Waals surface area contributed by atoms with Crippen molar-refractivity contribution in [3.05, 3.63) is 54.3 Å². The van der Waals surface area contributed by atoms with Gasteiger partial charge in [0.05, 0.1) is 11.2 Å². The maximum absolute atomic E-state index is 12.8. The number of H-pyrrole nitrogens is 1. The Kier molecular flexibility index (Phi) is 4.22. The number of rotatable bonds is 6. The zero-order valence-corrected chi connectivity index (χ0v) is 12.7. The SMILES string of the molecule is O=S(=O)(NCCc1nc(-c2ccco2)n[nH]1)c1ccc(F)cc1. The van der Waals surface area contributed by atoms with Gasteiger partial charge in [0.1, 0.15) is 11.6 Å². The monoisotopic (exact) mass is 336 g/mol. The summed E-state index contributed by atoms with van der Waals surface area (Å²) in [7, 11) is -3.68. The van der Waals surface area contributed by atoms with Crippen molar-refractivity contribution in [2.45, 2.75) is 11.3 Å². The lowest BCUT2D eigenvalue weighted by Gasteiger charge is -2.05. The Balaban J connectivity index is 1.60. The molecule has 0 bridgehead atoms. The third-order valence-electron chi connectivity index (χ3n) is 3.05. The molecule has 1 aromatic carbocycles. The van der Waals surface area contributed by atoms with Crippen LogP contribution in [0.25, 0.3) is 11.6 Å². The first-order valence-corrected chi connectivity index (χ1v) is 8.23. The smallest absolute Gasteiger partial charge is 0.240 e. The van der Waals surface area contributed by atoms with Gasteiger partial charge in [-0.3, -0.25) is 5.10 Å². The second kappa shape index (κ2) is 6.31. The van der Waals surface area contributed by atoms with Crippen molar-refractivity contribution in [2.75, 3.05) is 6.54 Å². The van der Waals surface area contributed by atoms with E-state index in [4.69, 9.17) is 4.42 Å². The zero-order valence-electron chi connectivity index (χ0n) is 11.9. The molecule has 0 aliphatic heterocycles. The van der Waals surface area contributed by atoms with E-state index in [0.717, 1.165) is 12.1 Å². The molecule has 3 aromatic rings. The van der Waals surface area contributed by atoms with Gasteiger partial charge in [-0.05, 0) is 36.4 Å². The van der Waals surface area contributed by atoms with Crippen molar-refractivity contribution in [1.29, 1.82) is 0 Å². The summed E-state index contributed by atoms with van der Waals surface area (Å²) in [5.74, 6) is 0.972. The molecule has 0 aliphatic rings. The molecule has 2 aromatic heterocycles. The third kappa shape index (κ3) is 3.63. The number of hydrogen-bond acceptors (Lipinski definition) is 5. The van der Waals surface area contributed by atoms with E-state index >= 15 is 0 Å². The number of furan rings is 1. The quantitative estimate of drug-likeness (QED) is 0.714. The third-order valence-corrected chi connectivity index (χ3v) is 4.53. The van der Waals surface area contributed by atoms with Crippen LogP contribution in [-0.2, 0) is 16.4 Å². The van der Waals surface area contributed by atoms with Crippen LogP contribution in [0.2, 0.25) is 0 Å². The van der Waals surface area contributed by atoms with Crippen LogP contribution >= 0.6 is 0 Å². The molecule has 0 fully saturated rings. The zero-order chi connectivity index (χ0) is 16.3. The number of aromatic amines is 1. The van der Waals surface area contributed by atoms with Crippen LogP contribution in [0.4, 0.5) is 4.39 Å². The number of sulfonamides is 1. The first-order valence-electron chi connectivity index (χ1n) is 6.75. The van der Waals surface area contributed by atoms with E-state index in [1.54, 1.807) is 12.1 Å². The van der Waals surface area contributed by atoms with Crippen molar-refractivity contribution < 1.29 is 17.2 Å². The molecule has 0 saturated heterocycles. The molecule has 0 saturated carbocycles. The molecule has 0 amide bonds. The van der Waals surface area contributed by atoms with Crippen LogP contribution in [0.15, 0.2) is 52.0 Å². The molecule has 0 aliphatic carbocycles. The summed E-state index contributed by atoms with van der Waals surface area (Å²) in [6.07, 6.45) is 1.84. The highest BCUT2D eigenvalue weighted by molar-refractivity contribution is 7.89. The topological polar surface area (TPSA) is 101 Å². The minimum Gasteiger partial charge on any atom is -0.461 e. The van der Waals surface area contributed by atoms with E-state index < -0.39 is 15.8 Å². The number of nitrogens with one attached hydrogen (secondary N) is 2. The molecule has 9 heteroatoms. The second-order valence-corrected chi connectivity index (χ2v) is 6.45. The van der Waals surface area contributed by atoms with Crippen LogP contribution in [-0.4, -0.2) is 30.1 Å². The molecule has 0 radical (unpaired) electrons. The Morgan fingerprint density at radius 2 is 2.00 bits per heavy atom. The fourth-order valence-electron chi connectivity index (χ4n) is 1.92. The van der Waals surface area contributed by atoms with Gasteiger partial charge in [-0.25, -0.2) is 22.5 Å². The van der Waals surface area contributed by atoms with E-state index in [0.29, 0.717) is 23.8 Å². The Morgan fingerprint density at radius 3 is 2.70 bits per heavy atom. The van der Waals surface area contributed by atoms with Crippen molar-refractivity contribution >= 4 is 10.0 Å². The van der Waals surface area contributed by atoms with Crippen LogP contribution < -0.4 is 4.72 Å². The molecule has 2 N–H and O–H groups in total. The molecular weight excluding hydrogens is 323 g/mol. The lowest BCUT2D eigenvalue weighted by Crippen LogP contribution is -2.26. The molecular formula is C14H13FN4O3S. The summed E-state index contributed by atoms with van der Waals surface area (Å²) >= 11 is 0. The predicted octanol–water partition coefficient (Wildman–Crippen LogP) is 1.72. The highest BCUT2D eigenvalue weighted by atomic mass is 32.2. The number of benzene rings is 1. The Labute approximate surface area is 131 Å². The lowest BCUT2D eigenvalue weighted by molar-refractivity contribution is 0.577. The molecule has 120 valence electrons. The molecule has 0 unspecified atom stereocenters. The summed E-state index contributed by atoms with van der Waals surface area (Å²) in [6, 6.07) is 8.07. The number of aromatic nitrogens is 3. The maximum Gasteiger partial charge on any atom is 0.240 e. The number of hydrogen-bond donors (Lipinski definition) is 2. The Hall–Kier alpha value is -2.52. The van der Waals surface area contributed by atoms with Crippen molar-refractivity contribution in [3.63, 3.8) is 0 Å². The van der Waals surface area contributed by atoms with Gasteiger partial charge >= 0.3 is 0 Å². The molecule has 3 rings (SSSR count). The van der Waals surface area contributed by atoms with E-state index in [1.165, 1.54) is 18.4 Å². The molecule has 0 spiro atoms. The second-order valence-electron chi connectivity index (χ2n) is 4.68. The minimum absolute atomic E-state index is 0.00717. The highest BCUT2D eigenvalue weighted by Crippen LogP contribution is 2.14. The first-order chi connectivity index (χ1) is 11.0. The molecule has 2 heterocycles. The minimum atomic E-state index is -3.68. The van der Waals surface area contributed by atoms with Crippen LogP contribution in [0, 0.1) is 5.82 Å². The Bertz CT molecular complexity index is 873. The van der Waals surface area contributed by atoms with Gasteiger partial charge in [0.15, 0.2) is 5.76 Å². The van der Waals surface area contributed by atoms with Gasteiger partial charge in [-0.1, -0.05) is 0 Å². The lowest BCUT2D eigenvalue weighted by atomic mass is 10.4.